The Morgan fingerprint density at radius 2 is 2.00 bits per heavy atom. The summed E-state index contributed by atoms with van der Waals surface area (Å²) < 4.78 is 1.85. The zero-order valence-electron chi connectivity index (χ0n) is 7.92. The Kier molecular flexibility index (Phi) is 1.59. The van der Waals surface area contributed by atoms with Crippen LogP contribution < -0.4 is 5.56 Å². The number of rotatable bonds is 0. The molecule has 3 heteroatoms. The summed E-state index contributed by atoms with van der Waals surface area (Å²) in [6.45, 7) is 0. The predicted molar refractivity (Wildman–Crippen MR) is 59.0 cm³/mol. The lowest BCUT2D eigenvalue weighted by molar-refractivity contribution is 1.05. The zero-order valence-corrected chi connectivity index (χ0v) is 7.92. The molecule has 0 bridgehead atoms. The van der Waals surface area contributed by atoms with Gasteiger partial charge in [0.15, 0.2) is 0 Å². The number of hydrogen-bond acceptors (Lipinski definition) is 2. The Morgan fingerprint density at radius 1 is 1.13 bits per heavy atom. The van der Waals surface area contributed by atoms with E-state index in [1.165, 1.54) is 0 Å². The van der Waals surface area contributed by atoms with Crippen LogP contribution >= 0.6 is 0 Å². The molecule has 1 aromatic carbocycles. The van der Waals surface area contributed by atoms with E-state index in [0.29, 0.717) is 0 Å². The fourth-order valence-electron chi connectivity index (χ4n) is 1.78. The Bertz CT molecular complexity index is 700. The van der Waals surface area contributed by atoms with Crippen molar-refractivity contribution in [3.63, 3.8) is 0 Å². The number of hydrogen-bond donors (Lipinski definition) is 0. The second-order valence-corrected chi connectivity index (χ2v) is 3.42. The van der Waals surface area contributed by atoms with Crippen LogP contribution in [0.25, 0.3) is 16.3 Å². The quantitative estimate of drug-likeness (QED) is 0.514. The Balaban J connectivity index is 2.63. The van der Waals surface area contributed by atoms with Gasteiger partial charge < -0.3 is 4.40 Å². The Labute approximate surface area is 85.6 Å². The van der Waals surface area contributed by atoms with Crippen LogP contribution in [0.2, 0.25) is 0 Å². The molecule has 0 aliphatic carbocycles. The molecule has 2 aromatic heterocycles. The molecule has 3 rings (SSSR count). The van der Waals surface area contributed by atoms with Crippen LogP contribution in [-0.4, -0.2) is 9.38 Å². The number of fused-ring (bicyclic) bond motifs is 3. The van der Waals surface area contributed by atoms with Gasteiger partial charge in [0.25, 0.3) is 5.56 Å². The first-order valence-corrected chi connectivity index (χ1v) is 4.70. The van der Waals surface area contributed by atoms with E-state index < -0.39 is 0 Å². The van der Waals surface area contributed by atoms with Gasteiger partial charge in [0.1, 0.15) is 6.33 Å². The molecule has 0 unspecified atom stereocenters. The lowest BCUT2D eigenvalue weighted by atomic mass is 10.1. The summed E-state index contributed by atoms with van der Waals surface area (Å²) in [6.07, 6.45) is 3.45. The summed E-state index contributed by atoms with van der Waals surface area (Å²) in [6, 6.07) is 11.5. The molecule has 3 nitrogen and oxygen atoms in total. The maximum atomic E-state index is 11.2. The lowest BCUT2D eigenvalue weighted by Crippen LogP contribution is -2.06. The van der Waals surface area contributed by atoms with E-state index in [2.05, 4.69) is 4.98 Å². The van der Waals surface area contributed by atoms with E-state index in [4.69, 9.17) is 0 Å². The van der Waals surface area contributed by atoms with Crippen molar-refractivity contribution in [1.82, 2.24) is 9.38 Å². The molecule has 72 valence electrons. The maximum absolute atomic E-state index is 11.2. The van der Waals surface area contributed by atoms with E-state index in [1.54, 1.807) is 12.4 Å². The van der Waals surface area contributed by atoms with Crippen LogP contribution in [0, 0.1) is 0 Å². The molecule has 0 aliphatic heterocycles. The zero-order chi connectivity index (χ0) is 10.3. The van der Waals surface area contributed by atoms with Gasteiger partial charge in [0.05, 0.1) is 5.52 Å². The normalized spacial score (nSPS) is 10.9. The van der Waals surface area contributed by atoms with Gasteiger partial charge in [-0.2, -0.15) is 4.98 Å². The topological polar surface area (TPSA) is 34.4 Å². The maximum Gasteiger partial charge on any atom is 0.273 e. The van der Waals surface area contributed by atoms with E-state index in [0.717, 1.165) is 16.3 Å². The van der Waals surface area contributed by atoms with Crippen LogP contribution in [0.15, 0.2) is 53.7 Å². The highest BCUT2D eigenvalue weighted by Crippen LogP contribution is 2.17. The van der Waals surface area contributed by atoms with Crippen molar-refractivity contribution in [2.24, 2.45) is 0 Å². The molecule has 2 heterocycles. The van der Waals surface area contributed by atoms with Crippen LogP contribution in [0.5, 0.6) is 0 Å². The number of nitrogens with zero attached hydrogens (tertiary/aromatic N) is 2. The standard InChI is InChI=1S/C12H8N2O/c15-12-7-11-10-4-2-1-3-9(10)5-6-14(11)8-13-12/h1-8H. The minimum atomic E-state index is -0.202. The molecule has 15 heavy (non-hydrogen) atoms. The molecular weight excluding hydrogens is 188 g/mol. The summed E-state index contributed by atoms with van der Waals surface area (Å²) in [5.74, 6) is 0. The summed E-state index contributed by atoms with van der Waals surface area (Å²) >= 11 is 0. The molecule has 0 radical (unpaired) electrons. The third kappa shape index (κ3) is 1.21. The average molecular weight is 196 g/mol. The lowest BCUT2D eigenvalue weighted by Gasteiger charge is -2.03. The van der Waals surface area contributed by atoms with E-state index in [-0.39, 0.29) is 5.56 Å². The van der Waals surface area contributed by atoms with Gasteiger partial charge in [-0.25, -0.2) is 0 Å². The summed E-state index contributed by atoms with van der Waals surface area (Å²) in [7, 11) is 0. The van der Waals surface area contributed by atoms with Gasteiger partial charge in [0.2, 0.25) is 0 Å². The first kappa shape index (κ1) is 8.17. The molecule has 0 N–H and O–H groups in total. The first-order valence-electron chi connectivity index (χ1n) is 4.70. The molecule has 0 fully saturated rings. The average Bonchev–Trinajstić information content (AvgIpc) is 2.29. The predicted octanol–water partition coefficient (Wildman–Crippen LogP) is 1.85. The van der Waals surface area contributed by atoms with E-state index in [1.807, 2.05) is 40.9 Å². The molecule has 0 saturated carbocycles. The SMILES string of the molecule is O=c1cc2c3ccccc3ccn2cn1. The number of benzene rings is 1. The molecule has 0 saturated heterocycles. The van der Waals surface area contributed by atoms with E-state index >= 15 is 0 Å². The van der Waals surface area contributed by atoms with Crippen LogP contribution in [0.3, 0.4) is 0 Å². The summed E-state index contributed by atoms with van der Waals surface area (Å²) in [5, 5.41) is 2.20. The monoisotopic (exact) mass is 196 g/mol. The fourth-order valence-corrected chi connectivity index (χ4v) is 1.78. The van der Waals surface area contributed by atoms with Gasteiger partial charge in [-0.05, 0) is 11.5 Å². The molecule has 0 atom stereocenters. The third-order valence-electron chi connectivity index (χ3n) is 2.50. The first-order chi connectivity index (χ1) is 7.34. The third-order valence-corrected chi connectivity index (χ3v) is 2.50. The highest BCUT2D eigenvalue weighted by atomic mass is 16.1. The summed E-state index contributed by atoms with van der Waals surface area (Å²) in [5.41, 5.74) is 0.694. The Hall–Kier alpha value is -2.16. The minimum absolute atomic E-state index is 0.202. The second kappa shape index (κ2) is 2.92. The van der Waals surface area contributed by atoms with Crippen molar-refractivity contribution in [3.8, 4) is 0 Å². The van der Waals surface area contributed by atoms with Gasteiger partial charge in [0, 0.05) is 17.6 Å². The highest BCUT2D eigenvalue weighted by Gasteiger charge is 1.99. The van der Waals surface area contributed by atoms with Gasteiger partial charge in [-0.3, -0.25) is 4.79 Å². The van der Waals surface area contributed by atoms with Gasteiger partial charge in [-0.1, -0.05) is 24.3 Å². The largest absolute Gasteiger partial charge is 0.307 e. The Morgan fingerprint density at radius 3 is 2.93 bits per heavy atom. The summed E-state index contributed by atoms with van der Waals surface area (Å²) in [4.78, 5) is 14.9. The molecular formula is C12H8N2O. The van der Waals surface area contributed by atoms with Gasteiger partial charge >= 0.3 is 0 Å². The van der Waals surface area contributed by atoms with Crippen molar-refractivity contribution >= 4 is 16.3 Å². The molecule has 0 spiro atoms. The minimum Gasteiger partial charge on any atom is -0.307 e. The molecule has 3 aromatic rings. The fraction of sp³-hybridized carbons (Fsp3) is 0. The van der Waals surface area contributed by atoms with Crippen molar-refractivity contribution in [1.29, 1.82) is 0 Å². The second-order valence-electron chi connectivity index (χ2n) is 3.42. The van der Waals surface area contributed by atoms with Crippen molar-refractivity contribution in [2.75, 3.05) is 0 Å². The van der Waals surface area contributed by atoms with Gasteiger partial charge in [-0.15, -0.1) is 0 Å². The number of pyridine rings is 1. The highest BCUT2D eigenvalue weighted by molar-refractivity contribution is 5.95. The van der Waals surface area contributed by atoms with Crippen LogP contribution in [-0.2, 0) is 0 Å². The number of aromatic nitrogens is 2. The van der Waals surface area contributed by atoms with Crippen molar-refractivity contribution in [2.45, 2.75) is 0 Å². The van der Waals surface area contributed by atoms with Crippen molar-refractivity contribution in [3.05, 3.63) is 59.3 Å². The molecule has 0 amide bonds. The smallest absolute Gasteiger partial charge is 0.273 e. The van der Waals surface area contributed by atoms with Crippen LogP contribution in [0.1, 0.15) is 0 Å². The van der Waals surface area contributed by atoms with E-state index in [9.17, 15) is 4.79 Å². The van der Waals surface area contributed by atoms with Crippen LogP contribution in [0.4, 0.5) is 0 Å². The van der Waals surface area contributed by atoms with Crippen molar-refractivity contribution < 1.29 is 0 Å². The molecule has 0 aliphatic rings.